The molecule has 3 aromatic rings. The number of rotatable bonds is 4. The van der Waals surface area contributed by atoms with Crippen LogP contribution >= 0.6 is 11.5 Å². The van der Waals surface area contributed by atoms with Gasteiger partial charge >= 0.3 is 0 Å². The van der Waals surface area contributed by atoms with Gasteiger partial charge in [-0.05, 0) is 24.6 Å². The Morgan fingerprint density at radius 3 is 2.55 bits per heavy atom. The Balaban J connectivity index is 1.75. The molecule has 1 N–H and O–H groups in total. The second-order valence-corrected chi connectivity index (χ2v) is 5.19. The van der Waals surface area contributed by atoms with Crippen molar-refractivity contribution in [3.63, 3.8) is 0 Å². The van der Waals surface area contributed by atoms with Crippen LogP contribution < -0.4 is 5.32 Å². The van der Waals surface area contributed by atoms with E-state index in [1.165, 1.54) is 17.1 Å². The molecule has 2 heterocycles. The fourth-order valence-corrected chi connectivity index (χ4v) is 2.58. The number of benzene rings is 1. The Bertz CT molecular complexity index is 667. The first-order valence-corrected chi connectivity index (χ1v) is 7.16. The fraction of sp³-hybridized carbons (Fsp3) is 0.133. The van der Waals surface area contributed by atoms with Gasteiger partial charge in [-0.2, -0.15) is 9.36 Å². The van der Waals surface area contributed by atoms with Crippen molar-refractivity contribution < 1.29 is 0 Å². The quantitative estimate of drug-likeness (QED) is 0.791. The molecule has 4 nitrogen and oxygen atoms in total. The third-order valence-electron chi connectivity index (χ3n) is 3.00. The number of aromatic nitrogens is 3. The first kappa shape index (κ1) is 12.7. The molecule has 0 bridgehead atoms. The lowest BCUT2D eigenvalue weighted by Gasteiger charge is -2.12. The van der Waals surface area contributed by atoms with E-state index in [2.05, 4.69) is 26.6 Å². The minimum absolute atomic E-state index is 0.176. The van der Waals surface area contributed by atoms with Crippen LogP contribution in [0.5, 0.6) is 0 Å². The number of anilines is 1. The Kier molecular flexibility index (Phi) is 3.69. The summed E-state index contributed by atoms with van der Waals surface area (Å²) in [5.41, 5.74) is 2.21. The van der Waals surface area contributed by atoms with Gasteiger partial charge in [0, 0.05) is 29.5 Å². The molecule has 20 heavy (non-hydrogen) atoms. The molecule has 0 aliphatic heterocycles. The van der Waals surface area contributed by atoms with Gasteiger partial charge in [-0.1, -0.05) is 30.3 Å². The summed E-state index contributed by atoms with van der Waals surface area (Å²) < 4.78 is 4.39. The van der Waals surface area contributed by atoms with Gasteiger partial charge in [-0.15, -0.1) is 0 Å². The maximum absolute atomic E-state index is 4.53. The summed E-state index contributed by atoms with van der Waals surface area (Å²) >= 11 is 1.38. The smallest absolute Gasteiger partial charge is 0.203 e. The maximum atomic E-state index is 4.53. The van der Waals surface area contributed by atoms with Gasteiger partial charge in [0.1, 0.15) is 0 Å². The summed E-state index contributed by atoms with van der Waals surface area (Å²) in [5, 5.41) is 4.19. The van der Waals surface area contributed by atoms with Gasteiger partial charge < -0.3 is 5.32 Å². The molecule has 0 amide bonds. The number of hydrogen-bond donors (Lipinski definition) is 1. The highest BCUT2D eigenvalue weighted by atomic mass is 32.1. The van der Waals surface area contributed by atoms with Crippen LogP contribution in [0.15, 0.2) is 54.9 Å². The molecule has 0 aliphatic rings. The number of nitrogens with one attached hydrogen (secondary N) is 1. The van der Waals surface area contributed by atoms with E-state index < -0.39 is 0 Å². The predicted octanol–water partition coefficient (Wildman–Crippen LogP) is 3.77. The topological polar surface area (TPSA) is 50.7 Å². The summed E-state index contributed by atoms with van der Waals surface area (Å²) in [4.78, 5) is 8.55. The average molecular weight is 282 g/mol. The standard InChI is InChI=1S/C15H14N4S/c1-11(12-7-9-16-10-8-12)17-15-18-14(19-20-15)13-5-3-2-4-6-13/h2-11H,1H3,(H,17,18,19)/t11-/m0/s1. The average Bonchev–Trinajstić information content (AvgIpc) is 2.97. The largest absolute Gasteiger partial charge is 0.354 e. The van der Waals surface area contributed by atoms with Crippen LogP contribution in [0.4, 0.5) is 5.13 Å². The molecule has 2 aromatic heterocycles. The zero-order valence-corrected chi connectivity index (χ0v) is 11.8. The first-order valence-electron chi connectivity index (χ1n) is 6.38. The van der Waals surface area contributed by atoms with Gasteiger partial charge in [-0.25, -0.2) is 0 Å². The van der Waals surface area contributed by atoms with Crippen LogP contribution in [-0.4, -0.2) is 14.3 Å². The number of nitrogens with zero attached hydrogens (tertiary/aromatic N) is 3. The van der Waals surface area contributed by atoms with Gasteiger partial charge in [0.2, 0.25) is 5.13 Å². The first-order chi connectivity index (χ1) is 9.83. The minimum Gasteiger partial charge on any atom is -0.354 e. The molecule has 1 aromatic carbocycles. The molecular formula is C15H14N4S. The van der Waals surface area contributed by atoms with Crippen molar-refractivity contribution in [3.05, 3.63) is 60.4 Å². The summed E-state index contributed by atoms with van der Waals surface area (Å²) in [6.07, 6.45) is 3.59. The van der Waals surface area contributed by atoms with E-state index in [-0.39, 0.29) is 6.04 Å². The van der Waals surface area contributed by atoms with Crippen LogP contribution in [-0.2, 0) is 0 Å². The molecule has 0 spiro atoms. The van der Waals surface area contributed by atoms with Crippen molar-refractivity contribution >= 4 is 16.7 Å². The Hall–Kier alpha value is -2.27. The summed E-state index contributed by atoms with van der Waals surface area (Å²) in [6.45, 7) is 2.10. The molecule has 0 saturated carbocycles. The highest BCUT2D eigenvalue weighted by molar-refractivity contribution is 7.09. The van der Waals surface area contributed by atoms with Crippen molar-refractivity contribution in [2.45, 2.75) is 13.0 Å². The van der Waals surface area contributed by atoms with Crippen LogP contribution in [0.2, 0.25) is 0 Å². The van der Waals surface area contributed by atoms with Crippen LogP contribution in [0.1, 0.15) is 18.5 Å². The maximum Gasteiger partial charge on any atom is 0.203 e. The van der Waals surface area contributed by atoms with E-state index in [1.807, 2.05) is 42.5 Å². The van der Waals surface area contributed by atoms with Crippen molar-refractivity contribution in [2.24, 2.45) is 0 Å². The van der Waals surface area contributed by atoms with Crippen molar-refractivity contribution in [3.8, 4) is 11.4 Å². The SMILES string of the molecule is C[C@H](Nc1nc(-c2ccccc2)ns1)c1ccncc1. The van der Waals surface area contributed by atoms with Crippen molar-refractivity contribution in [1.29, 1.82) is 0 Å². The van der Waals surface area contributed by atoms with Crippen LogP contribution in [0.25, 0.3) is 11.4 Å². The molecule has 0 saturated heterocycles. The van der Waals surface area contributed by atoms with E-state index in [9.17, 15) is 0 Å². The zero-order valence-electron chi connectivity index (χ0n) is 11.0. The van der Waals surface area contributed by atoms with E-state index in [1.54, 1.807) is 12.4 Å². The van der Waals surface area contributed by atoms with Crippen LogP contribution in [0, 0.1) is 0 Å². The lowest BCUT2D eigenvalue weighted by molar-refractivity contribution is 0.878. The monoisotopic (exact) mass is 282 g/mol. The van der Waals surface area contributed by atoms with Gasteiger partial charge in [0.25, 0.3) is 0 Å². The second kappa shape index (κ2) is 5.79. The summed E-state index contributed by atoms with van der Waals surface area (Å²) in [5.74, 6) is 0.764. The molecule has 0 radical (unpaired) electrons. The van der Waals surface area contributed by atoms with Gasteiger partial charge in [0.05, 0.1) is 6.04 Å². The van der Waals surface area contributed by atoms with E-state index >= 15 is 0 Å². The van der Waals surface area contributed by atoms with Gasteiger partial charge in [-0.3, -0.25) is 4.98 Å². The Morgan fingerprint density at radius 2 is 1.80 bits per heavy atom. The Labute approximate surface area is 121 Å². The molecule has 0 unspecified atom stereocenters. The van der Waals surface area contributed by atoms with Crippen LogP contribution in [0.3, 0.4) is 0 Å². The lowest BCUT2D eigenvalue weighted by atomic mass is 10.1. The molecular weight excluding hydrogens is 268 g/mol. The normalized spacial score (nSPS) is 12.1. The minimum atomic E-state index is 0.176. The second-order valence-electron chi connectivity index (χ2n) is 4.44. The molecule has 1 atom stereocenters. The van der Waals surface area contributed by atoms with E-state index in [0.717, 1.165) is 16.5 Å². The summed E-state index contributed by atoms with van der Waals surface area (Å²) in [6, 6.07) is 14.2. The third-order valence-corrected chi connectivity index (χ3v) is 3.65. The Morgan fingerprint density at radius 1 is 1.05 bits per heavy atom. The van der Waals surface area contributed by atoms with E-state index in [4.69, 9.17) is 0 Å². The van der Waals surface area contributed by atoms with Crippen molar-refractivity contribution in [1.82, 2.24) is 14.3 Å². The third kappa shape index (κ3) is 2.83. The highest BCUT2D eigenvalue weighted by Gasteiger charge is 2.10. The van der Waals surface area contributed by atoms with E-state index in [0.29, 0.717) is 0 Å². The molecule has 100 valence electrons. The molecule has 5 heteroatoms. The fourth-order valence-electron chi connectivity index (χ4n) is 1.91. The number of pyridine rings is 1. The highest BCUT2D eigenvalue weighted by Crippen LogP contribution is 2.24. The van der Waals surface area contributed by atoms with Crippen molar-refractivity contribution in [2.75, 3.05) is 5.32 Å². The zero-order chi connectivity index (χ0) is 13.8. The molecule has 0 aliphatic carbocycles. The predicted molar refractivity (Wildman–Crippen MR) is 81.6 cm³/mol. The summed E-state index contributed by atoms with van der Waals surface area (Å²) in [7, 11) is 0. The number of hydrogen-bond acceptors (Lipinski definition) is 5. The molecule has 3 rings (SSSR count). The van der Waals surface area contributed by atoms with Gasteiger partial charge in [0.15, 0.2) is 5.82 Å². The lowest BCUT2D eigenvalue weighted by Crippen LogP contribution is -2.06. The molecule has 0 fully saturated rings.